The van der Waals surface area contributed by atoms with Crippen molar-refractivity contribution in [3.63, 3.8) is 0 Å². The smallest absolute Gasteiger partial charge is 0.191 e. The molecule has 136 valence electrons. The Bertz CT molecular complexity index is 961. The second-order valence-corrected chi connectivity index (χ2v) is 6.69. The number of aromatic nitrogens is 2. The fraction of sp³-hybridized carbons (Fsp3) is 0.235. The van der Waals surface area contributed by atoms with E-state index in [0.29, 0.717) is 3.57 Å². The second kappa shape index (κ2) is 8.14. The molecule has 0 aliphatic heterocycles. The van der Waals surface area contributed by atoms with Crippen LogP contribution in [0, 0.1) is 15.2 Å². The van der Waals surface area contributed by atoms with Crippen molar-refractivity contribution in [1.82, 2.24) is 10.4 Å². The van der Waals surface area contributed by atoms with E-state index in [1.54, 1.807) is 6.07 Å². The molecule has 0 amide bonds. The summed E-state index contributed by atoms with van der Waals surface area (Å²) in [4.78, 5) is 12.4. The Hall–Kier alpha value is -1.98. The summed E-state index contributed by atoms with van der Waals surface area (Å²) in [6.07, 6.45) is -0.140. The highest BCUT2D eigenvalue weighted by molar-refractivity contribution is 14.1. The van der Waals surface area contributed by atoms with Crippen LogP contribution in [-0.2, 0) is 11.2 Å². The molecule has 1 heterocycles. The lowest BCUT2D eigenvalue weighted by molar-refractivity contribution is 0.0662. The van der Waals surface area contributed by atoms with E-state index in [0.717, 1.165) is 0 Å². The number of hydrogen-bond acceptors (Lipinski definition) is 6. The standard InChI is InChI=1S/C17H13F2IN2O4/c18-13-6-10(20)2-1-9(13)5-12-11(14(24)8-25-4-3-23)7-15-17(16(12)19)21-22-26-15/h1-2,6-7,23H,3-5,8H2. The molecule has 6 nitrogen and oxygen atoms in total. The Morgan fingerprint density at radius 3 is 2.85 bits per heavy atom. The molecule has 0 unspecified atom stereocenters. The average Bonchev–Trinajstić information content (AvgIpc) is 3.08. The molecule has 1 aromatic heterocycles. The van der Waals surface area contributed by atoms with Gasteiger partial charge in [0.25, 0.3) is 0 Å². The Balaban J connectivity index is 2.04. The lowest BCUT2D eigenvalue weighted by Crippen LogP contribution is -2.15. The van der Waals surface area contributed by atoms with Crippen LogP contribution >= 0.6 is 22.6 Å². The summed E-state index contributed by atoms with van der Waals surface area (Å²) < 4.78 is 39.7. The lowest BCUT2D eigenvalue weighted by Gasteiger charge is -2.11. The Labute approximate surface area is 160 Å². The minimum Gasteiger partial charge on any atom is -0.394 e. The van der Waals surface area contributed by atoms with Gasteiger partial charge in [0.05, 0.1) is 13.2 Å². The molecule has 9 heteroatoms. The molecule has 0 radical (unpaired) electrons. The van der Waals surface area contributed by atoms with Crippen molar-refractivity contribution in [3.8, 4) is 0 Å². The first kappa shape index (κ1) is 18.8. The third kappa shape index (κ3) is 3.89. The van der Waals surface area contributed by atoms with Gasteiger partial charge in [0.1, 0.15) is 12.4 Å². The van der Waals surface area contributed by atoms with Crippen LogP contribution in [0.2, 0.25) is 0 Å². The molecular formula is C17H13F2IN2O4. The quantitative estimate of drug-likeness (QED) is 0.322. The fourth-order valence-electron chi connectivity index (χ4n) is 2.51. The molecule has 0 aliphatic carbocycles. The number of rotatable bonds is 7. The first-order valence-electron chi connectivity index (χ1n) is 7.60. The minimum atomic E-state index is -0.785. The highest BCUT2D eigenvalue weighted by Crippen LogP contribution is 2.27. The molecule has 0 fully saturated rings. The molecule has 0 saturated heterocycles. The number of hydrogen-bond donors (Lipinski definition) is 1. The number of fused-ring (bicyclic) bond motifs is 1. The first-order chi connectivity index (χ1) is 12.5. The molecule has 0 spiro atoms. The summed E-state index contributed by atoms with van der Waals surface area (Å²) in [6.45, 7) is -0.621. The van der Waals surface area contributed by atoms with E-state index in [-0.39, 0.29) is 54.0 Å². The zero-order valence-corrected chi connectivity index (χ0v) is 15.5. The van der Waals surface area contributed by atoms with Crippen molar-refractivity contribution < 1.29 is 27.9 Å². The summed E-state index contributed by atoms with van der Waals surface area (Å²) in [6, 6.07) is 5.88. The maximum absolute atomic E-state index is 14.9. The molecule has 0 saturated carbocycles. The molecule has 2 aromatic carbocycles. The minimum absolute atomic E-state index is 0.00411. The maximum Gasteiger partial charge on any atom is 0.191 e. The van der Waals surface area contributed by atoms with E-state index in [4.69, 9.17) is 14.4 Å². The molecule has 3 rings (SSSR count). The summed E-state index contributed by atoms with van der Waals surface area (Å²) in [5, 5.41) is 15.6. The largest absolute Gasteiger partial charge is 0.394 e. The molecule has 1 N–H and O–H groups in total. The highest BCUT2D eigenvalue weighted by Gasteiger charge is 2.23. The van der Waals surface area contributed by atoms with Crippen LogP contribution in [0.1, 0.15) is 21.5 Å². The zero-order valence-electron chi connectivity index (χ0n) is 13.3. The Morgan fingerprint density at radius 2 is 2.12 bits per heavy atom. The molecule has 0 aliphatic rings. The van der Waals surface area contributed by atoms with Gasteiger partial charge in [-0.05, 0) is 46.4 Å². The third-order valence-corrected chi connectivity index (χ3v) is 4.41. The van der Waals surface area contributed by atoms with E-state index >= 15 is 0 Å². The van der Waals surface area contributed by atoms with Gasteiger partial charge in [0, 0.05) is 26.4 Å². The van der Waals surface area contributed by atoms with Crippen LogP contribution in [-0.4, -0.2) is 41.1 Å². The van der Waals surface area contributed by atoms with Gasteiger partial charge in [-0.2, -0.15) is 0 Å². The number of nitrogens with zero attached hydrogens (tertiary/aromatic N) is 2. The Morgan fingerprint density at radius 1 is 1.31 bits per heavy atom. The number of carbonyl (C=O) groups excluding carboxylic acids is 1. The number of carbonyl (C=O) groups is 1. The number of ketones is 1. The SMILES string of the molecule is O=C(COCCO)c1cc2onnc2c(F)c1Cc1ccc(I)cc1F. The van der Waals surface area contributed by atoms with Gasteiger partial charge in [-0.1, -0.05) is 6.07 Å². The van der Waals surface area contributed by atoms with Crippen molar-refractivity contribution in [2.75, 3.05) is 19.8 Å². The van der Waals surface area contributed by atoms with Crippen LogP contribution in [0.25, 0.3) is 11.1 Å². The number of aliphatic hydroxyl groups is 1. The van der Waals surface area contributed by atoms with Gasteiger partial charge in [-0.25, -0.2) is 8.78 Å². The molecule has 0 atom stereocenters. The third-order valence-electron chi connectivity index (χ3n) is 3.74. The predicted octanol–water partition coefficient (Wildman–Crippen LogP) is 2.89. The molecular weight excluding hydrogens is 461 g/mol. The number of halogens is 3. The number of ether oxygens (including phenoxy) is 1. The van der Waals surface area contributed by atoms with Crippen LogP contribution in [0.15, 0.2) is 28.8 Å². The van der Waals surface area contributed by atoms with Crippen molar-refractivity contribution in [2.45, 2.75) is 6.42 Å². The maximum atomic E-state index is 14.9. The highest BCUT2D eigenvalue weighted by atomic mass is 127. The summed E-state index contributed by atoms with van der Waals surface area (Å²) in [5.41, 5.74) is 0.124. The predicted molar refractivity (Wildman–Crippen MR) is 95.9 cm³/mol. The van der Waals surface area contributed by atoms with Crippen LogP contribution in [0.5, 0.6) is 0 Å². The zero-order chi connectivity index (χ0) is 18.7. The number of benzene rings is 2. The van der Waals surface area contributed by atoms with Crippen molar-refractivity contribution in [1.29, 1.82) is 0 Å². The van der Waals surface area contributed by atoms with Gasteiger partial charge >= 0.3 is 0 Å². The molecule has 26 heavy (non-hydrogen) atoms. The van der Waals surface area contributed by atoms with Gasteiger partial charge in [-0.15, -0.1) is 5.10 Å². The second-order valence-electron chi connectivity index (χ2n) is 5.45. The Kier molecular flexibility index (Phi) is 5.89. The lowest BCUT2D eigenvalue weighted by atomic mass is 9.95. The van der Waals surface area contributed by atoms with Crippen LogP contribution < -0.4 is 0 Å². The van der Waals surface area contributed by atoms with E-state index in [9.17, 15) is 13.6 Å². The number of Topliss-reactive ketones (excluding diaryl/α,β-unsaturated/α-hetero) is 1. The van der Waals surface area contributed by atoms with E-state index in [2.05, 4.69) is 10.4 Å². The molecule has 3 aromatic rings. The van der Waals surface area contributed by atoms with E-state index in [1.807, 2.05) is 22.6 Å². The molecule has 0 bridgehead atoms. The van der Waals surface area contributed by atoms with Gasteiger partial charge in [-0.3, -0.25) is 4.79 Å². The van der Waals surface area contributed by atoms with Crippen LogP contribution in [0.3, 0.4) is 0 Å². The van der Waals surface area contributed by atoms with Gasteiger partial charge in [0.2, 0.25) is 0 Å². The van der Waals surface area contributed by atoms with Gasteiger partial charge < -0.3 is 14.4 Å². The van der Waals surface area contributed by atoms with Crippen molar-refractivity contribution in [2.24, 2.45) is 0 Å². The van der Waals surface area contributed by atoms with Crippen molar-refractivity contribution >= 4 is 39.5 Å². The summed E-state index contributed by atoms with van der Waals surface area (Å²) in [7, 11) is 0. The monoisotopic (exact) mass is 474 g/mol. The number of aliphatic hydroxyl groups excluding tert-OH is 1. The van der Waals surface area contributed by atoms with E-state index < -0.39 is 17.4 Å². The average molecular weight is 474 g/mol. The first-order valence-corrected chi connectivity index (χ1v) is 8.68. The summed E-state index contributed by atoms with van der Waals surface area (Å²) in [5.74, 6) is -1.80. The van der Waals surface area contributed by atoms with Crippen molar-refractivity contribution in [3.05, 3.63) is 56.2 Å². The summed E-state index contributed by atoms with van der Waals surface area (Å²) >= 11 is 1.97. The topological polar surface area (TPSA) is 85.5 Å². The van der Waals surface area contributed by atoms with Gasteiger partial charge in [0.15, 0.2) is 22.7 Å². The van der Waals surface area contributed by atoms with Crippen LogP contribution in [0.4, 0.5) is 8.78 Å². The normalized spacial score (nSPS) is 11.2. The fourth-order valence-corrected chi connectivity index (χ4v) is 2.96. The van der Waals surface area contributed by atoms with E-state index in [1.165, 1.54) is 18.2 Å².